The molecule has 1 aromatic heterocycles. The van der Waals surface area contributed by atoms with Gasteiger partial charge in [0, 0.05) is 0 Å². The monoisotopic (exact) mass is 165 g/mol. The van der Waals surface area contributed by atoms with Gasteiger partial charge in [-0.05, 0) is 6.92 Å². The van der Waals surface area contributed by atoms with Gasteiger partial charge >= 0.3 is 6.55 Å². The molecule has 0 aliphatic rings. The van der Waals surface area contributed by atoms with E-state index in [4.69, 9.17) is 11.6 Å². The lowest BCUT2D eigenvalue weighted by atomic mass is 10.7. The topological polar surface area (TPSA) is 17.8 Å². The maximum absolute atomic E-state index is 11.9. The molecule has 2 nitrogen and oxygen atoms in total. The molecular weight excluding hydrogens is 162 g/mol. The third kappa shape index (κ3) is 1.11. The summed E-state index contributed by atoms with van der Waals surface area (Å²) in [7, 11) is 0. The molecule has 0 unspecified atom stereocenters. The molecule has 10 heavy (non-hydrogen) atoms. The number of alkyl halides is 2. The number of imidazole rings is 1. The molecule has 0 N–H and O–H groups in total. The zero-order valence-corrected chi connectivity index (χ0v) is 5.86. The van der Waals surface area contributed by atoms with E-state index in [1.54, 1.807) is 0 Å². The molecule has 0 spiro atoms. The van der Waals surface area contributed by atoms with Gasteiger partial charge in [0.1, 0.15) is 17.2 Å². The standard InChI is InChI=1S/C5H4ClF2N2/c1-3-9-2-4(6)10(3)5(7)8/h5H,1H3. The van der Waals surface area contributed by atoms with Gasteiger partial charge in [-0.25, -0.2) is 4.98 Å². The van der Waals surface area contributed by atoms with Crippen LogP contribution in [0.15, 0.2) is 0 Å². The van der Waals surface area contributed by atoms with E-state index in [9.17, 15) is 8.78 Å². The summed E-state index contributed by atoms with van der Waals surface area (Å²) >= 11 is 5.30. The second-order valence-electron chi connectivity index (χ2n) is 1.71. The first-order valence-electron chi connectivity index (χ1n) is 2.53. The molecule has 0 bridgehead atoms. The first kappa shape index (κ1) is 7.47. The Morgan fingerprint density at radius 3 is 2.50 bits per heavy atom. The van der Waals surface area contributed by atoms with Crippen LogP contribution in [-0.4, -0.2) is 9.55 Å². The lowest BCUT2D eigenvalue weighted by Crippen LogP contribution is -2.00. The summed E-state index contributed by atoms with van der Waals surface area (Å²) in [4.78, 5) is 3.46. The molecule has 55 valence electrons. The van der Waals surface area contributed by atoms with Crippen LogP contribution in [0.2, 0.25) is 5.15 Å². The minimum Gasteiger partial charge on any atom is -0.260 e. The molecule has 0 saturated heterocycles. The second-order valence-corrected chi connectivity index (χ2v) is 2.07. The van der Waals surface area contributed by atoms with Crippen molar-refractivity contribution in [2.24, 2.45) is 0 Å². The Labute approximate surface area is 61.4 Å². The van der Waals surface area contributed by atoms with Crippen LogP contribution in [0.25, 0.3) is 0 Å². The SMILES string of the molecule is Cc1n[c]c(Cl)n1C(F)F. The van der Waals surface area contributed by atoms with E-state index in [0.29, 0.717) is 4.57 Å². The number of rotatable bonds is 1. The fraction of sp³-hybridized carbons (Fsp3) is 0.400. The summed E-state index contributed by atoms with van der Waals surface area (Å²) in [5, 5.41) is -0.160. The van der Waals surface area contributed by atoms with E-state index < -0.39 is 6.55 Å². The van der Waals surface area contributed by atoms with Gasteiger partial charge in [-0.3, -0.25) is 4.57 Å². The molecule has 0 aliphatic heterocycles. The Kier molecular flexibility index (Phi) is 1.89. The molecule has 0 atom stereocenters. The molecule has 0 aromatic carbocycles. The van der Waals surface area contributed by atoms with Gasteiger partial charge < -0.3 is 0 Å². The summed E-state index contributed by atoms with van der Waals surface area (Å²) in [6, 6.07) is 0. The minimum atomic E-state index is -2.63. The zero-order valence-electron chi connectivity index (χ0n) is 5.11. The smallest absolute Gasteiger partial charge is 0.260 e. The summed E-state index contributed by atoms with van der Waals surface area (Å²) in [6.45, 7) is -1.19. The highest BCUT2D eigenvalue weighted by atomic mass is 35.5. The van der Waals surface area contributed by atoms with Crippen LogP contribution in [0.3, 0.4) is 0 Å². The number of hydrogen-bond acceptors (Lipinski definition) is 1. The predicted octanol–water partition coefficient (Wildman–Crippen LogP) is 2.04. The molecule has 1 radical (unpaired) electrons. The van der Waals surface area contributed by atoms with Crippen molar-refractivity contribution in [3.8, 4) is 0 Å². The van der Waals surface area contributed by atoms with Crippen LogP contribution >= 0.6 is 11.6 Å². The van der Waals surface area contributed by atoms with Gasteiger partial charge in [-0.2, -0.15) is 8.78 Å². The van der Waals surface area contributed by atoms with Crippen molar-refractivity contribution in [2.75, 3.05) is 0 Å². The highest BCUT2D eigenvalue weighted by molar-refractivity contribution is 6.29. The molecule has 0 saturated carbocycles. The van der Waals surface area contributed by atoms with E-state index in [0.717, 1.165) is 0 Å². The maximum atomic E-state index is 11.9. The predicted molar refractivity (Wildman–Crippen MR) is 32.1 cm³/mol. The number of aryl methyl sites for hydroxylation is 1. The van der Waals surface area contributed by atoms with Crippen LogP contribution < -0.4 is 0 Å². The van der Waals surface area contributed by atoms with Gasteiger partial charge in [-0.1, -0.05) is 11.6 Å². The average molecular weight is 166 g/mol. The van der Waals surface area contributed by atoms with Crippen molar-refractivity contribution in [2.45, 2.75) is 13.5 Å². The van der Waals surface area contributed by atoms with Gasteiger partial charge in [0.05, 0.1) is 0 Å². The van der Waals surface area contributed by atoms with Crippen LogP contribution in [0, 0.1) is 13.1 Å². The summed E-state index contributed by atoms with van der Waals surface area (Å²) in [5.41, 5.74) is 0. The molecule has 1 rings (SSSR count). The van der Waals surface area contributed by atoms with Gasteiger partial charge in [0.15, 0.2) is 0 Å². The molecule has 0 aliphatic carbocycles. The highest BCUT2D eigenvalue weighted by Crippen LogP contribution is 2.19. The Bertz CT molecular complexity index is 214. The zero-order chi connectivity index (χ0) is 7.72. The van der Waals surface area contributed by atoms with E-state index in [-0.39, 0.29) is 11.0 Å². The molecule has 0 fully saturated rings. The fourth-order valence-electron chi connectivity index (χ4n) is 0.604. The van der Waals surface area contributed by atoms with Crippen molar-refractivity contribution in [3.05, 3.63) is 17.2 Å². The summed E-state index contributed by atoms with van der Waals surface area (Å²) in [5.74, 6) is 0.167. The van der Waals surface area contributed by atoms with E-state index in [2.05, 4.69) is 11.2 Å². The Morgan fingerprint density at radius 1 is 1.70 bits per heavy atom. The lowest BCUT2D eigenvalue weighted by Gasteiger charge is -2.02. The van der Waals surface area contributed by atoms with E-state index in [1.165, 1.54) is 6.92 Å². The van der Waals surface area contributed by atoms with Crippen LogP contribution in [0.4, 0.5) is 8.78 Å². The molecular formula is C5H4ClF2N2. The van der Waals surface area contributed by atoms with Crippen molar-refractivity contribution in [1.29, 1.82) is 0 Å². The van der Waals surface area contributed by atoms with Crippen molar-refractivity contribution in [3.63, 3.8) is 0 Å². The largest absolute Gasteiger partial charge is 0.321 e. The first-order valence-corrected chi connectivity index (χ1v) is 2.91. The van der Waals surface area contributed by atoms with Gasteiger partial charge in [0.25, 0.3) is 0 Å². The van der Waals surface area contributed by atoms with E-state index in [1.807, 2.05) is 0 Å². The first-order chi connectivity index (χ1) is 4.63. The molecule has 5 heteroatoms. The number of aromatic nitrogens is 2. The Hall–Kier alpha value is -0.640. The second kappa shape index (κ2) is 2.54. The Morgan fingerprint density at radius 2 is 2.30 bits per heavy atom. The molecule has 1 heterocycles. The average Bonchev–Trinajstić information content (AvgIpc) is 2.11. The number of nitrogens with zero attached hydrogens (tertiary/aromatic N) is 2. The minimum absolute atomic E-state index is 0.160. The van der Waals surface area contributed by atoms with Crippen LogP contribution in [-0.2, 0) is 0 Å². The third-order valence-electron chi connectivity index (χ3n) is 1.07. The van der Waals surface area contributed by atoms with Crippen molar-refractivity contribution < 1.29 is 8.78 Å². The normalized spacial score (nSPS) is 10.9. The molecule has 1 aromatic rings. The third-order valence-corrected chi connectivity index (χ3v) is 1.33. The summed E-state index contributed by atoms with van der Waals surface area (Å²) in [6.07, 6.45) is 2.22. The van der Waals surface area contributed by atoms with E-state index >= 15 is 0 Å². The maximum Gasteiger partial charge on any atom is 0.321 e. The quantitative estimate of drug-likeness (QED) is 0.623. The lowest BCUT2D eigenvalue weighted by molar-refractivity contribution is 0.0683. The highest BCUT2D eigenvalue weighted by Gasteiger charge is 2.12. The molecule has 0 amide bonds. The Balaban J connectivity index is 3.10. The number of halogens is 3. The summed E-state index contributed by atoms with van der Waals surface area (Å²) < 4.78 is 24.5. The van der Waals surface area contributed by atoms with Gasteiger partial charge in [0.2, 0.25) is 0 Å². The van der Waals surface area contributed by atoms with Crippen molar-refractivity contribution >= 4 is 11.6 Å². The van der Waals surface area contributed by atoms with Crippen LogP contribution in [0.1, 0.15) is 12.4 Å². The number of hydrogen-bond donors (Lipinski definition) is 0. The fourth-order valence-corrected chi connectivity index (χ4v) is 0.842. The van der Waals surface area contributed by atoms with Crippen molar-refractivity contribution in [1.82, 2.24) is 9.55 Å². The van der Waals surface area contributed by atoms with Gasteiger partial charge in [-0.15, -0.1) is 0 Å². The van der Waals surface area contributed by atoms with Crippen LogP contribution in [0.5, 0.6) is 0 Å².